The van der Waals surface area contributed by atoms with Crippen LogP contribution in [0.1, 0.15) is 40.5 Å². The maximum Gasteiger partial charge on any atom is 0.311 e. The minimum absolute atomic E-state index is 0.0777. The third-order valence-electron chi connectivity index (χ3n) is 2.76. The second-order valence-corrected chi connectivity index (χ2v) is 4.45. The Morgan fingerprint density at radius 3 is 2.33 bits per heavy atom. The molecule has 0 bridgehead atoms. The van der Waals surface area contributed by atoms with E-state index in [-0.39, 0.29) is 5.92 Å². The summed E-state index contributed by atoms with van der Waals surface area (Å²) in [4.78, 5) is 11.0. The minimum atomic E-state index is -1.10. The molecule has 0 aliphatic heterocycles. The van der Waals surface area contributed by atoms with Gasteiger partial charge in [0.05, 0.1) is 11.5 Å². The molecule has 0 saturated carbocycles. The van der Waals surface area contributed by atoms with E-state index in [1.165, 1.54) is 0 Å². The molecule has 0 rings (SSSR count). The highest BCUT2D eigenvalue weighted by Crippen LogP contribution is 2.29. The van der Waals surface area contributed by atoms with E-state index >= 15 is 0 Å². The molecule has 0 radical (unpaired) electrons. The van der Waals surface area contributed by atoms with E-state index in [4.69, 9.17) is 5.11 Å². The van der Waals surface area contributed by atoms with Crippen molar-refractivity contribution in [3.05, 3.63) is 12.2 Å². The second-order valence-electron chi connectivity index (χ2n) is 4.45. The molecule has 0 aromatic rings. The Hall–Kier alpha value is -0.830. The van der Waals surface area contributed by atoms with Gasteiger partial charge in [0.1, 0.15) is 0 Å². The summed E-state index contributed by atoms with van der Waals surface area (Å²) in [7, 11) is 0. The van der Waals surface area contributed by atoms with Crippen molar-refractivity contribution in [2.24, 2.45) is 11.3 Å². The quantitative estimate of drug-likeness (QED) is 0.668. The Labute approximate surface area is 91.8 Å². The van der Waals surface area contributed by atoms with E-state index in [0.717, 1.165) is 12.8 Å². The number of carboxylic acids is 1. The molecule has 2 atom stereocenters. The fourth-order valence-corrected chi connectivity index (χ4v) is 1.60. The van der Waals surface area contributed by atoms with Crippen molar-refractivity contribution in [3.8, 4) is 0 Å². The van der Waals surface area contributed by atoms with Crippen LogP contribution in [0.5, 0.6) is 0 Å². The first kappa shape index (κ1) is 14.2. The molecule has 88 valence electrons. The summed E-state index contributed by atoms with van der Waals surface area (Å²) in [6.07, 6.45) is 4.65. The largest absolute Gasteiger partial charge is 0.481 e. The van der Waals surface area contributed by atoms with Crippen molar-refractivity contribution in [2.45, 2.75) is 46.6 Å². The lowest BCUT2D eigenvalue weighted by Crippen LogP contribution is -2.41. The lowest BCUT2D eigenvalue weighted by molar-refractivity contribution is -0.155. The van der Waals surface area contributed by atoms with E-state index in [1.54, 1.807) is 13.8 Å². The van der Waals surface area contributed by atoms with Gasteiger partial charge in [-0.25, -0.2) is 0 Å². The molecule has 0 aromatic heterocycles. The molecule has 0 fully saturated rings. The average molecular weight is 214 g/mol. The summed E-state index contributed by atoms with van der Waals surface area (Å²) in [6.45, 7) is 7.03. The van der Waals surface area contributed by atoms with Crippen LogP contribution in [0.2, 0.25) is 0 Å². The van der Waals surface area contributed by atoms with Gasteiger partial charge in [-0.2, -0.15) is 0 Å². The van der Waals surface area contributed by atoms with Gasteiger partial charge in [-0.15, -0.1) is 0 Å². The van der Waals surface area contributed by atoms with Crippen molar-refractivity contribution in [1.82, 2.24) is 0 Å². The summed E-state index contributed by atoms with van der Waals surface area (Å²) in [6, 6.07) is 0. The van der Waals surface area contributed by atoms with Gasteiger partial charge >= 0.3 is 5.97 Å². The van der Waals surface area contributed by atoms with Gasteiger partial charge in [-0.05, 0) is 27.2 Å². The maximum atomic E-state index is 11.0. The van der Waals surface area contributed by atoms with Gasteiger partial charge in [0.2, 0.25) is 0 Å². The predicted octanol–water partition coefficient (Wildman–Crippen LogP) is 2.45. The van der Waals surface area contributed by atoms with Crippen LogP contribution in [0.4, 0.5) is 0 Å². The van der Waals surface area contributed by atoms with Crippen molar-refractivity contribution in [1.29, 1.82) is 0 Å². The number of allylic oxidation sites excluding steroid dienone is 1. The van der Waals surface area contributed by atoms with E-state index in [0.29, 0.717) is 0 Å². The van der Waals surface area contributed by atoms with Gasteiger partial charge in [-0.1, -0.05) is 25.5 Å². The number of aliphatic carboxylic acids is 1. The molecule has 0 saturated heterocycles. The molecular formula is C12H22O3. The van der Waals surface area contributed by atoms with Crippen molar-refractivity contribution >= 4 is 5.97 Å². The van der Waals surface area contributed by atoms with E-state index in [9.17, 15) is 9.90 Å². The molecule has 0 aliphatic rings. The normalized spacial score (nSPS) is 16.6. The highest BCUT2D eigenvalue weighted by atomic mass is 16.4. The zero-order chi connectivity index (χ0) is 12.1. The first-order valence-electron chi connectivity index (χ1n) is 5.42. The molecular weight excluding hydrogens is 192 g/mol. The molecule has 2 unspecified atom stereocenters. The third kappa shape index (κ3) is 3.67. The summed E-state index contributed by atoms with van der Waals surface area (Å²) >= 11 is 0. The summed E-state index contributed by atoms with van der Waals surface area (Å²) < 4.78 is 0. The van der Waals surface area contributed by atoms with Gasteiger partial charge < -0.3 is 10.2 Å². The average Bonchev–Trinajstić information content (AvgIpc) is 2.16. The smallest absolute Gasteiger partial charge is 0.311 e. The van der Waals surface area contributed by atoms with Crippen molar-refractivity contribution in [2.75, 3.05) is 0 Å². The second kappa shape index (κ2) is 5.91. The molecule has 2 N–H and O–H groups in total. The highest BCUT2D eigenvalue weighted by Gasteiger charge is 2.39. The van der Waals surface area contributed by atoms with Crippen LogP contribution in [0.25, 0.3) is 0 Å². The Morgan fingerprint density at radius 1 is 1.47 bits per heavy atom. The van der Waals surface area contributed by atoms with Crippen molar-refractivity contribution < 1.29 is 15.0 Å². The Bertz CT molecular complexity index is 231. The fraction of sp³-hybridized carbons (Fsp3) is 0.750. The van der Waals surface area contributed by atoms with Gasteiger partial charge in [0, 0.05) is 5.92 Å². The minimum Gasteiger partial charge on any atom is -0.481 e. The van der Waals surface area contributed by atoms with E-state index in [2.05, 4.69) is 0 Å². The lowest BCUT2D eigenvalue weighted by Gasteiger charge is -2.31. The molecule has 0 aliphatic carbocycles. The molecule has 0 amide bonds. The Morgan fingerprint density at radius 2 is 2.00 bits per heavy atom. The number of aliphatic hydroxyl groups excluding tert-OH is 1. The van der Waals surface area contributed by atoms with Gasteiger partial charge in [0.25, 0.3) is 0 Å². The number of carbonyl (C=O) groups is 1. The van der Waals surface area contributed by atoms with E-state index < -0.39 is 17.5 Å². The first-order chi connectivity index (χ1) is 6.87. The van der Waals surface area contributed by atoms with Crippen LogP contribution in [0.3, 0.4) is 0 Å². The van der Waals surface area contributed by atoms with Crippen LogP contribution >= 0.6 is 0 Å². The predicted molar refractivity (Wildman–Crippen MR) is 60.6 cm³/mol. The maximum absolute atomic E-state index is 11.0. The molecule has 0 spiro atoms. The summed E-state index contributed by atoms with van der Waals surface area (Å²) in [5.74, 6) is -1.04. The molecule has 3 nitrogen and oxygen atoms in total. The third-order valence-corrected chi connectivity index (χ3v) is 2.76. The zero-order valence-corrected chi connectivity index (χ0v) is 10.0. The van der Waals surface area contributed by atoms with Crippen LogP contribution in [0.15, 0.2) is 12.2 Å². The van der Waals surface area contributed by atoms with Crippen LogP contribution < -0.4 is 0 Å². The van der Waals surface area contributed by atoms with E-state index in [1.807, 2.05) is 26.0 Å². The number of hydrogen-bond acceptors (Lipinski definition) is 2. The van der Waals surface area contributed by atoms with Gasteiger partial charge in [-0.3, -0.25) is 4.79 Å². The topological polar surface area (TPSA) is 57.5 Å². The zero-order valence-electron chi connectivity index (χ0n) is 10.0. The van der Waals surface area contributed by atoms with Crippen LogP contribution in [-0.2, 0) is 4.79 Å². The van der Waals surface area contributed by atoms with Crippen LogP contribution in [-0.4, -0.2) is 22.3 Å². The van der Waals surface area contributed by atoms with Crippen molar-refractivity contribution in [3.63, 3.8) is 0 Å². The van der Waals surface area contributed by atoms with Crippen LogP contribution in [0, 0.1) is 11.3 Å². The molecule has 15 heavy (non-hydrogen) atoms. The first-order valence-corrected chi connectivity index (χ1v) is 5.42. The number of rotatable bonds is 6. The monoisotopic (exact) mass is 214 g/mol. The number of hydrogen-bond donors (Lipinski definition) is 2. The standard InChI is InChI=1S/C12H22O3/c1-5-7-9(8-6-2)10(13)12(3,4)11(14)15/h5,7,9-10,13H,6,8H2,1-4H3,(H,14,15). The summed E-state index contributed by atoms with van der Waals surface area (Å²) in [5, 5.41) is 19.1. The molecule has 0 aromatic carbocycles. The molecule has 0 heterocycles. The SMILES string of the molecule is CC=CC(CCC)C(O)C(C)(C)C(=O)O. The Kier molecular flexibility index (Phi) is 5.58. The fourth-order valence-electron chi connectivity index (χ4n) is 1.60. The van der Waals surface area contributed by atoms with Gasteiger partial charge in [0.15, 0.2) is 0 Å². The highest BCUT2D eigenvalue weighted by molar-refractivity contribution is 5.74. The Balaban J connectivity index is 4.75. The number of aliphatic hydroxyl groups is 1. The summed E-state index contributed by atoms with van der Waals surface area (Å²) in [5.41, 5.74) is -1.10. The number of carboxylic acid groups (broad SMARTS) is 1. The molecule has 3 heteroatoms. The lowest BCUT2D eigenvalue weighted by atomic mass is 9.78.